The van der Waals surface area contributed by atoms with Gasteiger partial charge < -0.3 is 34.6 Å². The lowest BCUT2D eigenvalue weighted by molar-refractivity contribution is -0.258. The molecule has 0 spiro atoms. The van der Waals surface area contributed by atoms with Gasteiger partial charge in [0.25, 0.3) is 0 Å². The van der Waals surface area contributed by atoms with Crippen LogP contribution in [-0.2, 0) is 14.3 Å². The third kappa shape index (κ3) is 4.20. The second-order valence-corrected chi connectivity index (χ2v) is 4.95. The molecule has 4 N–H and O–H groups in total. The molecule has 1 aromatic rings. The van der Waals surface area contributed by atoms with Crippen LogP contribution in [0.25, 0.3) is 6.08 Å². The number of carbonyl (C=O) groups excluding carboxylic acids is 1. The molecule has 8 heteroatoms. The Balaban J connectivity index is 2.01. The van der Waals surface area contributed by atoms with Crippen LogP contribution in [0.15, 0.2) is 24.3 Å². The van der Waals surface area contributed by atoms with E-state index in [1.165, 1.54) is 25.3 Å². The normalized spacial score (nSPS) is 27.8. The van der Waals surface area contributed by atoms with Crippen molar-refractivity contribution in [3.8, 4) is 11.5 Å². The predicted octanol–water partition coefficient (Wildman–Crippen LogP) is -0.604. The predicted molar refractivity (Wildman–Crippen MR) is 77.5 cm³/mol. The zero-order valence-electron chi connectivity index (χ0n) is 12.3. The number of carbonyl (C=O) groups is 1. The number of aliphatic hydroxyl groups excluding tert-OH is 3. The molecular weight excluding hydrogens is 308 g/mol. The van der Waals surface area contributed by atoms with E-state index in [0.717, 1.165) is 6.08 Å². The molecular formula is C15H18O8. The highest BCUT2D eigenvalue weighted by atomic mass is 16.7. The minimum atomic E-state index is -1.51. The van der Waals surface area contributed by atoms with Crippen LogP contribution >= 0.6 is 0 Å². The van der Waals surface area contributed by atoms with Gasteiger partial charge in [0.2, 0.25) is 0 Å². The van der Waals surface area contributed by atoms with Gasteiger partial charge in [-0.2, -0.15) is 0 Å². The van der Waals surface area contributed by atoms with Crippen LogP contribution in [0.5, 0.6) is 11.5 Å². The van der Waals surface area contributed by atoms with E-state index in [1.807, 2.05) is 0 Å². The van der Waals surface area contributed by atoms with Crippen LogP contribution < -0.4 is 4.74 Å². The summed E-state index contributed by atoms with van der Waals surface area (Å²) >= 11 is 0. The number of rotatable bonds is 4. The fourth-order valence-electron chi connectivity index (χ4n) is 2.04. The minimum Gasteiger partial charge on any atom is -0.504 e. The average Bonchev–Trinajstić information content (AvgIpc) is 2.54. The number of phenolic OH excluding ortho intramolecular Hbond substituents is 1. The lowest BCUT2D eigenvalue weighted by Crippen LogP contribution is -2.54. The quantitative estimate of drug-likeness (QED) is 0.427. The first-order valence-electron chi connectivity index (χ1n) is 6.84. The van der Waals surface area contributed by atoms with Gasteiger partial charge >= 0.3 is 5.97 Å². The highest BCUT2D eigenvalue weighted by Crippen LogP contribution is 2.26. The molecule has 1 heterocycles. The Morgan fingerprint density at radius 1 is 1.35 bits per heavy atom. The van der Waals surface area contributed by atoms with Crippen molar-refractivity contribution >= 4 is 12.0 Å². The maximum absolute atomic E-state index is 11.8. The molecule has 0 aromatic heterocycles. The standard InChI is InChI=1S/C15H18O8/c1-21-11-6-8(2-4-9(11)16)3-5-12(18)23-14-13(19)10(17)7-22-15(14)20/h2-6,10,13-17,19-20H,7H2,1H3/t10-,13-,14+,15-/m0/s1. The molecule has 2 rings (SSSR count). The number of aromatic hydroxyl groups is 1. The third-order valence-corrected chi connectivity index (χ3v) is 3.32. The molecule has 0 bridgehead atoms. The first kappa shape index (κ1) is 17.2. The van der Waals surface area contributed by atoms with Crippen molar-refractivity contribution in [2.45, 2.75) is 24.6 Å². The van der Waals surface area contributed by atoms with E-state index in [2.05, 4.69) is 0 Å². The summed E-state index contributed by atoms with van der Waals surface area (Å²) in [5, 5.41) is 38.2. The molecule has 126 valence electrons. The molecule has 23 heavy (non-hydrogen) atoms. The average molecular weight is 326 g/mol. The van der Waals surface area contributed by atoms with Gasteiger partial charge in [-0.15, -0.1) is 0 Å². The van der Waals surface area contributed by atoms with Gasteiger partial charge in [0.15, 0.2) is 23.9 Å². The van der Waals surface area contributed by atoms with Gasteiger partial charge in [-0.3, -0.25) is 0 Å². The van der Waals surface area contributed by atoms with Gasteiger partial charge in [0.1, 0.15) is 12.2 Å². The number of aliphatic hydroxyl groups is 3. The number of phenols is 1. The maximum Gasteiger partial charge on any atom is 0.331 e. The smallest absolute Gasteiger partial charge is 0.331 e. The van der Waals surface area contributed by atoms with Crippen LogP contribution in [0, 0.1) is 0 Å². The Kier molecular flexibility index (Phi) is 5.56. The summed E-state index contributed by atoms with van der Waals surface area (Å²) in [6.07, 6.45) is -3.11. The Hall–Kier alpha value is -2.13. The summed E-state index contributed by atoms with van der Waals surface area (Å²) in [6.45, 7) is -0.250. The molecule has 8 nitrogen and oxygen atoms in total. The number of hydrogen-bond donors (Lipinski definition) is 4. The van der Waals surface area contributed by atoms with E-state index < -0.39 is 30.6 Å². The number of benzene rings is 1. The molecule has 0 unspecified atom stereocenters. The number of esters is 1. The van der Waals surface area contributed by atoms with Gasteiger partial charge in [-0.05, 0) is 23.8 Å². The van der Waals surface area contributed by atoms with Crippen molar-refractivity contribution in [2.24, 2.45) is 0 Å². The third-order valence-electron chi connectivity index (χ3n) is 3.32. The van der Waals surface area contributed by atoms with E-state index in [4.69, 9.17) is 14.2 Å². The van der Waals surface area contributed by atoms with Crippen LogP contribution in [0.3, 0.4) is 0 Å². The van der Waals surface area contributed by atoms with Gasteiger partial charge in [-0.1, -0.05) is 6.07 Å². The lowest BCUT2D eigenvalue weighted by atomic mass is 10.1. The molecule has 0 aliphatic carbocycles. The minimum absolute atomic E-state index is 0.0354. The largest absolute Gasteiger partial charge is 0.504 e. The molecule has 0 amide bonds. The Labute approximate surface area is 132 Å². The number of methoxy groups -OCH3 is 1. The Bertz CT molecular complexity index is 585. The van der Waals surface area contributed by atoms with Crippen molar-refractivity contribution in [1.82, 2.24) is 0 Å². The summed E-state index contributed by atoms with van der Waals surface area (Å²) in [5.41, 5.74) is 0.567. The zero-order chi connectivity index (χ0) is 17.0. The van der Waals surface area contributed by atoms with Crippen molar-refractivity contribution in [1.29, 1.82) is 0 Å². The summed E-state index contributed by atoms with van der Waals surface area (Å²) in [6, 6.07) is 4.47. The summed E-state index contributed by atoms with van der Waals surface area (Å²) in [4.78, 5) is 11.8. The number of ether oxygens (including phenoxy) is 3. The molecule has 1 saturated heterocycles. The molecule has 4 atom stereocenters. The highest BCUT2D eigenvalue weighted by Gasteiger charge is 2.40. The zero-order valence-corrected chi connectivity index (χ0v) is 12.3. The molecule has 1 aliphatic rings. The van der Waals surface area contributed by atoms with Gasteiger partial charge in [-0.25, -0.2) is 4.79 Å². The van der Waals surface area contributed by atoms with E-state index in [0.29, 0.717) is 5.56 Å². The lowest BCUT2D eigenvalue weighted by Gasteiger charge is -2.34. The SMILES string of the molecule is COc1cc(C=CC(=O)O[C@@H]2[C@@H](O)[C@@H](O)CO[C@@H]2O)ccc1O. The van der Waals surface area contributed by atoms with E-state index in [-0.39, 0.29) is 18.1 Å². The molecule has 1 aliphatic heterocycles. The van der Waals surface area contributed by atoms with Crippen molar-refractivity contribution in [3.05, 3.63) is 29.8 Å². The van der Waals surface area contributed by atoms with Crippen LogP contribution in [0.2, 0.25) is 0 Å². The van der Waals surface area contributed by atoms with Crippen molar-refractivity contribution in [2.75, 3.05) is 13.7 Å². The van der Waals surface area contributed by atoms with E-state index in [9.17, 15) is 25.2 Å². The maximum atomic E-state index is 11.8. The van der Waals surface area contributed by atoms with Crippen LogP contribution in [-0.4, -0.2) is 64.7 Å². The monoisotopic (exact) mass is 326 g/mol. The second-order valence-electron chi connectivity index (χ2n) is 4.95. The van der Waals surface area contributed by atoms with E-state index in [1.54, 1.807) is 6.07 Å². The Morgan fingerprint density at radius 3 is 2.78 bits per heavy atom. The molecule has 1 aromatic carbocycles. The van der Waals surface area contributed by atoms with Gasteiger partial charge in [0, 0.05) is 6.08 Å². The van der Waals surface area contributed by atoms with Crippen molar-refractivity contribution < 1.29 is 39.4 Å². The van der Waals surface area contributed by atoms with Gasteiger partial charge in [0.05, 0.1) is 13.7 Å². The Morgan fingerprint density at radius 2 is 2.09 bits per heavy atom. The molecule has 0 saturated carbocycles. The second kappa shape index (κ2) is 7.42. The summed E-state index contributed by atoms with van der Waals surface area (Å²) < 4.78 is 14.6. The number of hydrogen-bond acceptors (Lipinski definition) is 8. The van der Waals surface area contributed by atoms with Crippen LogP contribution in [0.1, 0.15) is 5.56 Å². The van der Waals surface area contributed by atoms with Crippen molar-refractivity contribution in [3.63, 3.8) is 0 Å². The summed E-state index contributed by atoms with van der Waals surface area (Å²) in [5.74, 6) is -0.625. The molecule has 1 fully saturated rings. The molecule has 0 radical (unpaired) electrons. The summed E-state index contributed by atoms with van der Waals surface area (Å²) in [7, 11) is 1.40. The topological polar surface area (TPSA) is 126 Å². The first-order chi connectivity index (χ1) is 10.9. The van der Waals surface area contributed by atoms with E-state index >= 15 is 0 Å². The fraction of sp³-hybridized carbons (Fsp3) is 0.400. The fourth-order valence-corrected chi connectivity index (χ4v) is 2.04. The first-order valence-corrected chi connectivity index (χ1v) is 6.84. The highest BCUT2D eigenvalue weighted by molar-refractivity contribution is 5.87. The van der Waals surface area contributed by atoms with Crippen LogP contribution in [0.4, 0.5) is 0 Å².